The van der Waals surface area contributed by atoms with Crippen LogP contribution < -0.4 is 0 Å². The van der Waals surface area contributed by atoms with Crippen molar-refractivity contribution in [1.82, 2.24) is 4.98 Å². The van der Waals surface area contributed by atoms with Gasteiger partial charge in [0.15, 0.2) is 0 Å². The molecule has 1 aromatic heterocycles. The second-order valence-electron chi connectivity index (χ2n) is 3.04. The van der Waals surface area contributed by atoms with Gasteiger partial charge in [-0.25, -0.2) is 0 Å². The summed E-state index contributed by atoms with van der Waals surface area (Å²) in [4.78, 5) is 4.97. The highest BCUT2D eigenvalue weighted by Gasteiger charge is 2.27. The Kier molecular flexibility index (Phi) is 1.92. The predicted molar refractivity (Wildman–Crippen MR) is 44.4 cm³/mol. The summed E-state index contributed by atoms with van der Waals surface area (Å²) >= 11 is 1.55. The van der Waals surface area contributed by atoms with E-state index in [1.165, 1.54) is 19.3 Å². The van der Waals surface area contributed by atoms with E-state index in [0.717, 1.165) is 4.88 Å². The first-order chi connectivity index (χ1) is 5.38. The number of nitrogens with zero attached hydrogens (tertiary/aromatic N) is 1. The monoisotopic (exact) mass is 169 g/mol. The van der Waals surface area contributed by atoms with E-state index in [1.807, 2.05) is 0 Å². The molecule has 0 bridgehead atoms. The third-order valence-electron chi connectivity index (χ3n) is 2.34. The summed E-state index contributed by atoms with van der Waals surface area (Å²) in [6.45, 7) is 0. The van der Waals surface area contributed by atoms with Gasteiger partial charge in [0.1, 0.15) is 0 Å². The number of aromatic nitrogens is 1. The van der Waals surface area contributed by atoms with Crippen LogP contribution in [0.25, 0.3) is 0 Å². The highest BCUT2D eigenvalue weighted by Crippen LogP contribution is 2.38. The molecule has 0 aliphatic heterocycles. The van der Waals surface area contributed by atoms with Crippen molar-refractivity contribution in [3.63, 3.8) is 0 Å². The smallest absolute Gasteiger partial charge is 0.0926 e. The van der Waals surface area contributed by atoms with Crippen molar-refractivity contribution in [2.24, 2.45) is 5.92 Å². The summed E-state index contributed by atoms with van der Waals surface area (Å²) in [5.41, 5.74) is 1.78. The molecule has 1 atom stereocenters. The summed E-state index contributed by atoms with van der Waals surface area (Å²) in [6, 6.07) is 0. The van der Waals surface area contributed by atoms with Crippen molar-refractivity contribution in [2.75, 3.05) is 0 Å². The first kappa shape index (κ1) is 7.25. The summed E-state index contributed by atoms with van der Waals surface area (Å²) < 4.78 is 0. The van der Waals surface area contributed by atoms with Gasteiger partial charge < -0.3 is 5.11 Å². The Balaban J connectivity index is 2.04. The second kappa shape index (κ2) is 2.91. The van der Waals surface area contributed by atoms with Gasteiger partial charge in [-0.3, -0.25) is 4.98 Å². The number of hydrogen-bond donors (Lipinski definition) is 1. The molecular weight excluding hydrogens is 158 g/mol. The highest BCUT2D eigenvalue weighted by atomic mass is 32.1. The molecule has 3 heteroatoms. The second-order valence-corrected chi connectivity index (χ2v) is 3.96. The third kappa shape index (κ3) is 1.30. The Morgan fingerprint density at radius 3 is 2.91 bits per heavy atom. The van der Waals surface area contributed by atoms with E-state index < -0.39 is 0 Å². The van der Waals surface area contributed by atoms with Crippen molar-refractivity contribution in [1.29, 1.82) is 0 Å². The highest BCUT2D eigenvalue weighted by molar-refractivity contribution is 7.09. The molecule has 60 valence electrons. The Bertz CT molecular complexity index is 218. The van der Waals surface area contributed by atoms with Crippen LogP contribution in [-0.2, 0) is 0 Å². The van der Waals surface area contributed by atoms with Crippen molar-refractivity contribution in [3.8, 4) is 0 Å². The van der Waals surface area contributed by atoms with Gasteiger partial charge in [-0.1, -0.05) is 6.42 Å². The fourth-order valence-corrected chi connectivity index (χ4v) is 2.06. The van der Waals surface area contributed by atoms with E-state index in [1.54, 1.807) is 23.0 Å². The average Bonchev–Trinajstić information content (AvgIpc) is 2.32. The molecule has 0 spiro atoms. The Labute approximate surface area is 69.9 Å². The van der Waals surface area contributed by atoms with Gasteiger partial charge in [0.05, 0.1) is 16.5 Å². The molecule has 1 aliphatic carbocycles. The molecule has 0 radical (unpaired) electrons. The van der Waals surface area contributed by atoms with Crippen LogP contribution in [0.5, 0.6) is 0 Å². The van der Waals surface area contributed by atoms with Crippen molar-refractivity contribution >= 4 is 11.3 Å². The van der Waals surface area contributed by atoms with Crippen LogP contribution >= 0.6 is 11.3 Å². The van der Waals surface area contributed by atoms with Crippen molar-refractivity contribution < 1.29 is 5.11 Å². The normalized spacial score (nSPS) is 21.2. The van der Waals surface area contributed by atoms with E-state index >= 15 is 0 Å². The molecule has 1 unspecified atom stereocenters. The molecule has 2 nitrogen and oxygen atoms in total. The maximum absolute atomic E-state index is 9.70. The maximum atomic E-state index is 9.70. The van der Waals surface area contributed by atoms with Crippen LogP contribution in [0.2, 0.25) is 0 Å². The van der Waals surface area contributed by atoms with Gasteiger partial charge in [0.2, 0.25) is 0 Å². The summed E-state index contributed by atoms with van der Waals surface area (Å²) in [5.74, 6) is 0.510. The molecule has 1 aromatic rings. The van der Waals surface area contributed by atoms with Crippen LogP contribution in [-0.4, -0.2) is 10.1 Å². The van der Waals surface area contributed by atoms with Gasteiger partial charge in [-0.15, -0.1) is 11.3 Å². The zero-order chi connectivity index (χ0) is 7.68. The van der Waals surface area contributed by atoms with E-state index in [9.17, 15) is 5.11 Å². The zero-order valence-electron chi connectivity index (χ0n) is 6.23. The summed E-state index contributed by atoms with van der Waals surface area (Å²) in [6.07, 6.45) is 5.17. The van der Waals surface area contributed by atoms with Crippen LogP contribution in [0, 0.1) is 5.92 Å². The molecule has 11 heavy (non-hydrogen) atoms. The molecule has 2 rings (SSSR count). The lowest BCUT2D eigenvalue weighted by atomic mass is 9.81. The lowest BCUT2D eigenvalue weighted by molar-refractivity contribution is 0.0648. The molecular formula is C8H11NOS. The van der Waals surface area contributed by atoms with Gasteiger partial charge in [0, 0.05) is 6.20 Å². The molecule has 0 amide bonds. The van der Waals surface area contributed by atoms with Gasteiger partial charge in [0.25, 0.3) is 0 Å². The number of rotatable bonds is 2. The Hall–Kier alpha value is -0.410. The number of aliphatic hydroxyl groups is 1. The molecule has 0 saturated heterocycles. The number of thiazole rings is 1. The molecule has 1 heterocycles. The summed E-state index contributed by atoms with van der Waals surface area (Å²) in [5, 5.41) is 9.70. The van der Waals surface area contributed by atoms with Gasteiger partial charge in [-0.05, 0) is 18.8 Å². The van der Waals surface area contributed by atoms with E-state index in [-0.39, 0.29) is 6.10 Å². The van der Waals surface area contributed by atoms with Crippen LogP contribution in [0.4, 0.5) is 0 Å². The molecule has 1 fully saturated rings. The molecule has 1 N–H and O–H groups in total. The Morgan fingerprint density at radius 2 is 2.45 bits per heavy atom. The molecule has 0 aromatic carbocycles. The van der Waals surface area contributed by atoms with Gasteiger partial charge in [-0.2, -0.15) is 0 Å². The Morgan fingerprint density at radius 1 is 1.64 bits per heavy atom. The minimum absolute atomic E-state index is 0.240. The first-order valence-electron chi connectivity index (χ1n) is 3.94. The van der Waals surface area contributed by atoms with E-state index in [0.29, 0.717) is 5.92 Å². The maximum Gasteiger partial charge on any atom is 0.0926 e. The minimum atomic E-state index is -0.240. The largest absolute Gasteiger partial charge is 0.387 e. The molecule has 1 saturated carbocycles. The van der Waals surface area contributed by atoms with E-state index in [4.69, 9.17) is 0 Å². The minimum Gasteiger partial charge on any atom is -0.387 e. The molecule has 1 aliphatic rings. The fourth-order valence-electron chi connectivity index (χ4n) is 1.36. The lowest BCUT2D eigenvalue weighted by Crippen LogP contribution is -2.19. The average molecular weight is 169 g/mol. The first-order valence-corrected chi connectivity index (χ1v) is 4.82. The predicted octanol–water partition coefficient (Wildman–Crippen LogP) is 1.98. The van der Waals surface area contributed by atoms with Crippen LogP contribution in [0.3, 0.4) is 0 Å². The number of aliphatic hydroxyl groups excluding tert-OH is 1. The summed E-state index contributed by atoms with van der Waals surface area (Å²) in [7, 11) is 0. The van der Waals surface area contributed by atoms with Crippen molar-refractivity contribution in [3.05, 3.63) is 16.6 Å². The topological polar surface area (TPSA) is 33.1 Å². The quantitative estimate of drug-likeness (QED) is 0.734. The van der Waals surface area contributed by atoms with Gasteiger partial charge >= 0.3 is 0 Å². The standard InChI is InChI=1S/C8H11NOS/c10-8(6-2-1-3-6)7-4-9-5-11-7/h4-6,8,10H,1-3H2. The number of hydrogen-bond acceptors (Lipinski definition) is 3. The fraction of sp³-hybridized carbons (Fsp3) is 0.625. The zero-order valence-corrected chi connectivity index (χ0v) is 7.05. The SMILES string of the molecule is OC(c1cncs1)C1CCC1. The lowest BCUT2D eigenvalue weighted by Gasteiger charge is -2.29. The van der Waals surface area contributed by atoms with Crippen molar-refractivity contribution in [2.45, 2.75) is 25.4 Å². The third-order valence-corrected chi connectivity index (χ3v) is 3.19. The van der Waals surface area contributed by atoms with E-state index in [2.05, 4.69) is 4.98 Å². The van der Waals surface area contributed by atoms with Crippen LogP contribution in [0.15, 0.2) is 11.7 Å². The van der Waals surface area contributed by atoms with Crippen LogP contribution in [0.1, 0.15) is 30.2 Å².